The Bertz CT molecular complexity index is 216. The molecule has 86 valence electrons. The van der Waals surface area contributed by atoms with Crippen LogP contribution in [0.4, 0.5) is 0 Å². The van der Waals surface area contributed by atoms with Crippen molar-refractivity contribution in [2.75, 3.05) is 13.1 Å². The molecule has 0 aromatic rings. The van der Waals surface area contributed by atoms with Gasteiger partial charge in [-0.1, -0.05) is 6.42 Å². The number of rotatable bonds is 2. The highest BCUT2D eigenvalue weighted by Crippen LogP contribution is 2.29. The van der Waals surface area contributed by atoms with E-state index in [1.807, 2.05) is 0 Å². The molecule has 1 heterocycles. The van der Waals surface area contributed by atoms with Crippen LogP contribution in [0.3, 0.4) is 0 Å². The van der Waals surface area contributed by atoms with Gasteiger partial charge in [0.1, 0.15) is 0 Å². The fourth-order valence-electron chi connectivity index (χ4n) is 2.97. The first-order valence-corrected chi connectivity index (χ1v) is 6.24. The topological polar surface area (TPSA) is 40.5 Å². The van der Waals surface area contributed by atoms with Crippen LogP contribution in [0.25, 0.3) is 0 Å². The first-order valence-electron chi connectivity index (χ1n) is 6.24. The number of hydrogen-bond acceptors (Lipinski definition) is 2. The summed E-state index contributed by atoms with van der Waals surface area (Å²) < 4.78 is 0. The molecule has 1 saturated heterocycles. The summed E-state index contributed by atoms with van der Waals surface area (Å²) in [5, 5.41) is 8.92. The molecular weight excluding hydrogens is 190 g/mol. The molecule has 1 aliphatic carbocycles. The minimum Gasteiger partial charge on any atom is -0.481 e. The summed E-state index contributed by atoms with van der Waals surface area (Å²) in [7, 11) is 0. The van der Waals surface area contributed by atoms with Crippen LogP contribution in [0.5, 0.6) is 0 Å². The number of nitrogens with zero attached hydrogens (tertiary/aromatic N) is 1. The van der Waals surface area contributed by atoms with E-state index < -0.39 is 5.97 Å². The molecule has 2 rings (SSSR count). The lowest BCUT2D eigenvalue weighted by atomic mass is 9.85. The smallest absolute Gasteiger partial charge is 0.306 e. The first-order chi connectivity index (χ1) is 7.27. The second-order valence-corrected chi connectivity index (χ2v) is 4.94. The van der Waals surface area contributed by atoms with Gasteiger partial charge in [0.2, 0.25) is 0 Å². The third kappa shape index (κ3) is 2.71. The minimum absolute atomic E-state index is 0.0639. The van der Waals surface area contributed by atoms with E-state index in [1.54, 1.807) is 0 Å². The van der Waals surface area contributed by atoms with E-state index in [2.05, 4.69) is 4.90 Å². The average molecular weight is 211 g/mol. The van der Waals surface area contributed by atoms with Gasteiger partial charge in [-0.15, -0.1) is 0 Å². The molecule has 0 aromatic carbocycles. The second kappa shape index (κ2) is 4.97. The summed E-state index contributed by atoms with van der Waals surface area (Å²) in [4.78, 5) is 13.4. The molecule has 0 spiro atoms. The van der Waals surface area contributed by atoms with Crippen LogP contribution < -0.4 is 0 Å². The highest BCUT2D eigenvalue weighted by Gasteiger charge is 2.29. The fourth-order valence-corrected chi connectivity index (χ4v) is 2.97. The van der Waals surface area contributed by atoms with E-state index in [-0.39, 0.29) is 5.92 Å². The monoisotopic (exact) mass is 211 g/mol. The van der Waals surface area contributed by atoms with Gasteiger partial charge in [0.25, 0.3) is 0 Å². The molecule has 3 heteroatoms. The average Bonchev–Trinajstić information content (AvgIpc) is 2.30. The molecule has 0 bridgehead atoms. The summed E-state index contributed by atoms with van der Waals surface area (Å²) in [5.74, 6) is -0.655. The molecule has 0 aromatic heterocycles. The van der Waals surface area contributed by atoms with Crippen molar-refractivity contribution in [3.8, 4) is 0 Å². The molecule has 0 atom stereocenters. The Morgan fingerprint density at radius 1 is 1.00 bits per heavy atom. The molecular formula is C12H21NO2. The summed E-state index contributed by atoms with van der Waals surface area (Å²) in [5.41, 5.74) is 0. The van der Waals surface area contributed by atoms with Crippen molar-refractivity contribution in [3.63, 3.8) is 0 Å². The Balaban J connectivity index is 1.79. The number of carboxylic acid groups (broad SMARTS) is 1. The van der Waals surface area contributed by atoms with Gasteiger partial charge in [-0.25, -0.2) is 0 Å². The lowest BCUT2D eigenvalue weighted by Crippen LogP contribution is -2.42. The number of likely N-dealkylation sites (tertiary alicyclic amines) is 1. The molecule has 0 amide bonds. The van der Waals surface area contributed by atoms with E-state index in [0.717, 1.165) is 25.7 Å². The Kier molecular flexibility index (Phi) is 3.62. The summed E-state index contributed by atoms with van der Waals surface area (Å²) >= 11 is 0. The highest BCUT2D eigenvalue weighted by molar-refractivity contribution is 5.70. The quantitative estimate of drug-likeness (QED) is 0.760. The second-order valence-electron chi connectivity index (χ2n) is 4.94. The molecule has 2 aliphatic rings. The van der Waals surface area contributed by atoms with Crippen molar-refractivity contribution in [3.05, 3.63) is 0 Å². The van der Waals surface area contributed by atoms with Gasteiger partial charge in [-0.3, -0.25) is 4.79 Å². The molecule has 1 saturated carbocycles. The van der Waals surface area contributed by atoms with Crippen LogP contribution in [0, 0.1) is 5.92 Å². The lowest BCUT2D eigenvalue weighted by Gasteiger charge is -2.38. The van der Waals surface area contributed by atoms with E-state index in [9.17, 15) is 4.79 Å². The fraction of sp³-hybridized carbons (Fsp3) is 0.917. The molecule has 0 unspecified atom stereocenters. The van der Waals surface area contributed by atoms with Crippen molar-refractivity contribution >= 4 is 5.97 Å². The number of aliphatic carboxylic acids is 1. The maximum atomic E-state index is 10.8. The third-order valence-electron chi connectivity index (χ3n) is 3.95. The maximum absolute atomic E-state index is 10.8. The van der Waals surface area contributed by atoms with E-state index in [1.165, 1.54) is 32.4 Å². The number of carbonyl (C=O) groups is 1. The SMILES string of the molecule is O=C(O)[C@H]1CC[C@H](N2CCCCC2)CC1. The largest absolute Gasteiger partial charge is 0.481 e. The van der Waals surface area contributed by atoms with Crippen LogP contribution in [0.1, 0.15) is 44.9 Å². The van der Waals surface area contributed by atoms with Crippen LogP contribution in [-0.4, -0.2) is 35.1 Å². The van der Waals surface area contributed by atoms with Crippen LogP contribution in [0.2, 0.25) is 0 Å². The summed E-state index contributed by atoms with van der Waals surface area (Å²) in [6, 6.07) is 0.681. The van der Waals surface area contributed by atoms with Crippen LogP contribution >= 0.6 is 0 Å². The van der Waals surface area contributed by atoms with Gasteiger partial charge in [0, 0.05) is 6.04 Å². The third-order valence-corrected chi connectivity index (χ3v) is 3.95. The minimum atomic E-state index is -0.591. The van der Waals surface area contributed by atoms with Crippen molar-refractivity contribution in [1.82, 2.24) is 4.90 Å². The van der Waals surface area contributed by atoms with Gasteiger partial charge in [-0.2, -0.15) is 0 Å². The molecule has 2 fully saturated rings. The zero-order chi connectivity index (χ0) is 10.7. The summed E-state index contributed by atoms with van der Waals surface area (Å²) in [6.45, 7) is 2.48. The van der Waals surface area contributed by atoms with Gasteiger partial charge >= 0.3 is 5.97 Å². The van der Waals surface area contributed by atoms with Crippen LogP contribution in [-0.2, 0) is 4.79 Å². The van der Waals surface area contributed by atoms with Gasteiger partial charge in [-0.05, 0) is 51.6 Å². The number of hydrogen-bond donors (Lipinski definition) is 1. The summed E-state index contributed by atoms with van der Waals surface area (Å²) in [6.07, 6.45) is 8.00. The molecule has 1 aliphatic heterocycles. The Hall–Kier alpha value is -0.570. The normalized spacial score (nSPS) is 33.9. The molecule has 3 nitrogen and oxygen atoms in total. The van der Waals surface area contributed by atoms with E-state index >= 15 is 0 Å². The number of piperidine rings is 1. The predicted octanol–water partition coefficient (Wildman–Crippen LogP) is 2.12. The Morgan fingerprint density at radius 3 is 2.13 bits per heavy atom. The van der Waals surface area contributed by atoms with E-state index in [0.29, 0.717) is 6.04 Å². The van der Waals surface area contributed by atoms with Gasteiger partial charge in [0.05, 0.1) is 5.92 Å². The van der Waals surface area contributed by atoms with Gasteiger partial charge < -0.3 is 10.0 Å². The van der Waals surface area contributed by atoms with Crippen molar-refractivity contribution in [2.45, 2.75) is 51.0 Å². The molecule has 15 heavy (non-hydrogen) atoms. The Morgan fingerprint density at radius 2 is 1.60 bits per heavy atom. The van der Waals surface area contributed by atoms with Crippen molar-refractivity contribution < 1.29 is 9.90 Å². The van der Waals surface area contributed by atoms with Gasteiger partial charge in [0.15, 0.2) is 0 Å². The molecule has 0 radical (unpaired) electrons. The maximum Gasteiger partial charge on any atom is 0.306 e. The predicted molar refractivity (Wildman–Crippen MR) is 58.8 cm³/mol. The standard InChI is InChI=1S/C12H21NO2/c14-12(15)10-4-6-11(7-5-10)13-8-2-1-3-9-13/h10-11H,1-9H2,(H,14,15)/t10-,11-. The molecule has 1 N–H and O–H groups in total. The van der Waals surface area contributed by atoms with Crippen molar-refractivity contribution in [2.24, 2.45) is 5.92 Å². The Labute approximate surface area is 91.5 Å². The number of carboxylic acids is 1. The van der Waals surface area contributed by atoms with Crippen LogP contribution in [0.15, 0.2) is 0 Å². The highest BCUT2D eigenvalue weighted by atomic mass is 16.4. The zero-order valence-electron chi connectivity index (χ0n) is 9.32. The van der Waals surface area contributed by atoms with E-state index in [4.69, 9.17) is 5.11 Å². The zero-order valence-corrected chi connectivity index (χ0v) is 9.32. The first kappa shape index (κ1) is 10.9. The lowest BCUT2D eigenvalue weighted by molar-refractivity contribution is -0.143. The van der Waals surface area contributed by atoms with Crippen molar-refractivity contribution in [1.29, 1.82) is 0 Å².